The second-order valence-electron chi connectivity index (χ2n) is 8.73. The summed E-state index contributed by atoms with van der Waals surface area (Å²) in [5.74, 6) is -0.755. The smallest absolute Gasteiger partial charge is 0.311 e. The molecular formula is C22H30FN3O4. The number of fused-ring (bicyclic) bond motifs is 1. The van der Waals surface area contributed by atoms with Gasteiger partial charge in [0.25, 0.3) is 0 Å². The molecule has 0 bridgehead atoms. The highest BCUT2D eigenvalue weighted by Crippen LogP contribution is 2.33. The molecular weight excluding hydrogens is 389 g/mol. The molecule has 2 heterocycles. The second kappa shape index (κ2) is 9.22. The van der Waals surface area contributed by atoms with Gasteiger partial charge in [-0.3, -0.25) is 4.79 Å². The van der Waals surface area contributed by atoms with Crippen molar-refractivity contribution in [3.05, 3.63) is 29.7 Å². The average molecular weight is 419 g/mol. The van der Waals surface area contributed by atoms with E-state index in [1.807, 2.05) is 20.8 Å². The van der Waals surface area contributed by atoms with Crippen molar-refractivity contribution in [3.63, 3.8) is 0 Å². The van der Waals surface area contributed by atoms with Gasteiger partial charge >= 0.3 is 5.97 Å². The molecule has 2 aromatic rings. The van der Waals surface area contributed by atoms with Gasteiger partial charge in [0.2, 0.25) is 5.88 Å². The number of methoxy groups -OCH3 is 1. The van der Waals surface area contributed by atoms with Crippen LogP contribution in [0, 0.1) is 17.7 Å². The summed E-state index contributed by atoms with van der Waals surface area (Å²) >= 11 is 0. The molecule has 1 aliphatic rings. The lowest BCUT2D eigenvalue weighted by molar-refractivity contribution is -0.162. The van der Waals surface area contributed by atoms with Crippen LogP contribution in [0.15, 0.2) is 18.3 Å². The number of nitrogens with zero attached hydrogens (tertiary/aromatic N) is 2. The Morgan fingerprint density at radius 3 is 2.87 bits per heavy atom. The van der Waals surface area contributed by atoms with Gasteiger partial charge in [0.15, 0.2) is 0 Å². The van der Waals surface area contributed by atoms with Crippen LogP contribution in [0.25, 0.3) is 11.0 Å². The third kappa shape index (κ3) is 5.23. The predicted molar refractivity (Wildman–Crippen MR) is 111 cm³/mol. The number of rotatable bonds is 6. The molecule has 0 saturated carbocycles. The van der Waals surface area contributed by atoms with Gasteiger partial charge in [-0.05, 0) is 64.6 Å². The fourth-order valence-corrected chi connectivity index (χ4v) is 3.90. The summed E-state index contributed by atoms with van der Waals surface area (Å²) in [5, 5.41) is 14.1. The Balaban J connectivity index is 1.76. The summed E-state index contributed by atoms with van der Waals surface area (Å²) in [6, 6.07) is 2.81. The van der Waals surface area contributed by atoms with E-state index in [0.29, 0.717) is 24.9 Å². The summed E-state index contributed by atoms with van der Waals surface area (Å²) in [6.07, 6.45) is 2.06. The molecule has 1 aromatic carbocycles. The molecule has 0 spiro atoms. The quantitative estimate of drug-likeness (QED) is 0.695. The molecule has 30 heavy (non-hydrogen) atoms. The topological polar surface area (TPSA) is 93.6 Å². The van der Waals surface area contributed by atoms with E-state index in [9.17, 15) is 14.3 Å². The van der Waals surface area contributed by atoms with E-state index < -0.39 is 17.5 Å². The molecule has 3 atom stereocenters. The molecule has 1 unspecified atom stereocenters. The molecule has 164 valence electrons. The summed E-state index contributed by atoms with van der Waals surface area (Å²) in [5.41, 5.74) is 0.333. The van der Waals surface area contributed by atoms with E-state index in [4.69, 9.17) is 9.47 Å². The summed E-state index contributed by atoms with van der Waals surface area (Å²) in [6.45, 7) is 6.88. The van der Waals surface area contributed by atoms with Crippen molar-refractivity contribution in [1.29, 1.82) is 0 Å². The highest BCUT2D eigenvalue weighted by molar-refractivity contribution is 5.79. The number of carbonyl (C=O) groups excluding carboxylic acids is 1. The zero-order chi connectivity index (χ0) is 21.9. The van der Waals surface area contributed by atoms with Gasteiger partial charge in [0.1, 0.15) is 16.9 Å². The summed E-state index contributed by atoms with van der Waals surface area (Å²) < 4.78 is 25.3. The first-order valence-corrected chi connectivity index (χ1v) is 10.3. The lowest BCUT2D eigenvalue weighted by atomic mass is 9.82. The first-order chi connectivity index (χ1) is 14.2. The third-order valence-electron chi connectivity index (χ3n) is 5.37. The average Bonchev–Trinajstić information content (AvgIpc) is 2.70. The molecule has 2 N–H and O–H groups in total. The first-order valence-electron chi connectivity index (χ1n) is 10.3. The van der Waals surface area contributed by atoms with Crippen LogP contribution >= 0.6 is 0 Å². The van der Waals surface area contributed by atoms with Gasteiger partial charge in [-0.15, -0.1) is 0 Å². The van der Waals surface area contributed by atoms with Crippen molar-refractivity contribution in [3.8, 4) is 5.88 Å². The molecule has 1 aromatic heterocycles. The van der Waals surface area contributed by atoms with E-state index in [-0.39, 0.29) is 34.8 Å². The molecule has 1 aliphatic heterocycles. The van der Waals surface area contributed by atoms with Crippen molar-refractivity contribution in [1.82, 2.24) is 15.3 Å². The number of aliphatic hydroxyl groups excluding tert-OH is 1. The normalized spacial score (nSPS) is 20.7. The van der Waals surface area contributed by atoms with Crippen molar-refractivity contribution < 1.29 is 23.8 Å². The highest BCUT2D eigenvalue weighted by atomic mass is 19.1. The standard InChI is InChI=1S/C22H30FN3O4/c1-22(2,3)30-21(28)14-11-24-10-9-13(14)5-8-17(27)19-15(23)6-7-16-20(19)26-18(29-4)12-25-16/h6-7,12-14,17,24,27H,5,8-11H2,1-4H3/t13-,14+,17?/m1/s1. The fourth-order valence-electron chi connectivity index (χ4n) is 3.90. The minimum absolute atomic E-state index is 0.0504. The molecule has 0 radical (unpaired) electrons. The number of piperidine rings is 1. The van der Waals surface area contributed by atoms with E-state index in [1.165, 1.54) is 25.4 Å². The Kier molecular flexibility index (Phi) is 6.88. The first kappa shape index (κ1) is 22.4. The minimum Gasteiger partial charge on any atom is -0.480 e. The highest BCUT2D eigenvalue weighted by Gasteiger charge is 2.34. The fraction of sp³-hybridized carbons (Fsp3) is 0.591. The van der Waals surface area contributed by atoms with Gasteiger partial charge in [-0.2, -0.15) is 0 Å². The number of esters is 1. The summed E-state index contributed by atoms with van der Waals surface area (Å²) in [4.78, 5) is 21.1. The zero-order valence-corrected chi connectivity index (χ0v) is 17.9. The van der Waals surface area contributed by atoms with Gasteiger partial charge in [0.05, 0.1) is 30.8 Å². The SMILES string of the molecule is COc1cnc2ccc(F)c(C(O)CC[C@@H]3CCNC[C@@H]3C(=O)OC(C)(C)C)c2n1. The number of aromatic nitrogens is 2. The molecule has 1 saturated heterocycles. The lowest BCUT2D eigenvalue weighted by Crippen LogP contribution is -2.43. The largest absolute Gasteiger partial charge is 0.480 e. The number of hydrogen-bond donors (Lipinski definition) is 2. The van der Waals surface area contributed by atoms with Crippen molar-refractivity contribution in [2.24, 2.45) is 11.8 Å². The number of carbonyl (C=O) groups is 1. The maximum absolute atomic E-state index is 14.6. The van der Waals surface area contributed by atoms with Gasteiger partial charge in [-0.25, -0.2) is 14.4 Å². The van der Waals surface area contributed by atoms with Crippen molar-refractivity contribution >= 4 is 17.0 Å². The van der Waals surface area contributed by atoms with E-state index in [0.717, 1.165) is 13.0 Å². The second-order valence-corrected chi connectivity index (χ2v) is 8.73. The number of aliphatic hydroxyl groups is 1. The van der Waals surface area contributed by atoms with Gasteiger partial charge in [-0.1, -0.05) is 0 Å². The molecule has 7 nitrogen and oxygen atoms in total. The van der Waals surface area contributed by atoms with E-state index in [2.05, 4.69) is 15.3 Å². The monoisotopic (exact) mass is 419 g/mol. The molecule has 8 heteroatoms. The Morgan fingerprint density at radius 1 is 1.40 bits per heavy atom. The Morgan fingerprint density at radius 2 is 2.17 bits per heavy atom. The van der Waals surface area contributed by atoms with Crippen LogP contribution in [0.4, 0.5) is 4.39 Å². The molecule has 0 aliphatic carbocycles. The maximum atomic E-state index is 14.6. The number of ether oxygens (including phenoxy) is 2. The Bertz CT molecular complexity index is 900. The van der Waals surface area contributed by atoms with Crippen LogP contribution in [0.2, 0.25) is 0 Å². The van der Waals surface area contributed by atoms with E-state index in [1.54, 1.807) is 0 Å². The Labute approximate surface area is 176 Å². The van der Waals surface area contributed by atoms with Crippen LogP contribution in [-0.2, 0) is 9.53 Å². The van der Waals surface area contributed by atoms with Crippen LogP contribution < -0.4 is 10.1 Å². The molecule has 0 amide bonds. The zero-order valence-electron chi connectivity index (χ0n) is 17.9. The molecule has 3 rings (SSSR count). The molecule has 1 fully saturated rings. The predicted octanol–water partition coefficient (Wildman–Crippen LogP) is 3.16. The van der Waals surface area contributed by atoms with Crippen LogP contribution in [0.1, 0.15) is 51.7 Å². The number of halogens is 1. The van der Waals surface area contributed by atoms with E-state index >= 15 is 0 Å². The lowest BCUT2D eigenvalue weighted by Gasteiger charge is -2.33. The number of nitrogens with one attached hydrogen (secondary N) is 1. The van der Waals surface area contributed by atoms with Crippen LogP contribution in [0.3, 0.4) is 0 Å². The maximum Gasteiger partial charge on any atom is 0.311 e. The van der Waals surface area contributed by atoms with Crippen LogP contribution in [0.5, 0.6) is 5.88 Å². The third-order valence-corrected chi connectivity index (χ3v) is 5.37. The van der Waals surface area contributed by atoms with Crippen LogP contribution in [-0.4, -0.2) is 46.8 Å². The minimum atomic E-state index is -1.07. The number of benzene rings is 1. The van der Waals surface area contributed by atoms with Gasteiger partial charge < -0.3 is 19.9 Å². The number of hydrogen-bond acceptors (Lipinski definition) is 7. The van der Waals surface area contributed by atoms with Crippen molar-refractivity contribution in [2.45, 2.75) is 51.7 Å². The Hall–Kier alpha value is -2.32. The summed E-state index contributed by atoms with van der Waals surface area (Å²) in [7, 11) is 1.46. The van der Waals surface area contributed by atoms with Gasteiger partial charge in [0, 0.05) is 12.1 Å². The van der Waals surface area contributed by atoms with Crippen molar-refractivity contribution in [2.75, 3.05) is 20.2 Å².